The summed E-state index contributed by atoms with van der Waals surface area (Å²) in [7, 11) is 0. The first kappa shape index (κ1) is 24.3. The van der Waals surface area contributed by atoms with Gasteiger partial charge in [0.25, 0.3) is 0 Å². The lowest BCUT2D eigenvalue weighted by Crippen LogP contribution is -2.38. The zero-order valence-corrected chi connectivity index (χ0v) is 21.2. The summed E-state index contributed by atoms with van der Waals surface area (Å²) < 4.78 is 28.0. The highest BCUT2D eigenvalue weighted by molar-refractivity contribution is 5.85. The molecule has 6 rings (SSSR count). The van der Waals surface area contributed by atoms with Crippen molar-refractivity contribution in [1.29, 1.82) is 0 Å². The van der Waals surface area contributed by atoms with Crippen LogP contribution in [0.25, 0.3) is 10.8 Å². The Morgan fingerprint density at radius 3 is 2.24 bits per heavy atom. The topological polar surface area (TPSA) is 6.48 Å². The highest BCUT2D eigenvalue weighted by Gasteiger charge is 2.36. The summed E-state index contributed by atoms with van der Waals surface area (Å²) in [6.07, 6.45) is 2.35. The highest BCUT2D eigenvalue weighted by Crippen LogP contribution is 2.37. The van der Waals surface area contributed by atoms with Gasteiger partial charge in [0.05, 0.1) is 0 Å². The normalized spacial score (nSPS) is 21.6. The summed E-state index contributed by atoms with van der Waals surface area (Å²) in [6.45, 7) is 5.87. The smallest absolute Gasteiger partial charge is 0.159 e. The number of benzene rings is 4. The Labute approximate surface area is 218 Å². The molecule has 37 heavy (non-hydrogen) atoms. The quantitative estimate of drug-likeness (QED) is 0.278. The van der Waals surface area contributed by atoms with E-state index < -0.39 is 11.6 Å². The fourth-order valence-corrected chi connectivity index (χ4v) is 6.57. The van der Waals surface area contributed by atoms with Crippen molar-refractivity contribution in [3.05, 3.63) is 119 Å². The highest BCUT2D eigenvalue weighted by atomic mass is 19.2. The summed E-state index contributed by atoms with van der Waals surface area (Å²) >= 11 is 0. The third kappa shape index (κ3) is 5.32. The molecule has 0 amide bonds. The lowest BCUT2D eigenvalue weighted by molar-refractivity contribution is 0.177. The molecule has 2 fully saturated rings. The molecule has 0 aliphatic carbocycles. The van der Waals surface area contributed by atoms with Crippen LogP contribution in [0.15, 0.2) is 91.0 Å². The molecule has 2 aliphatic rings. The molecule has 0 N–H and O–H groups in total. The Morgan fingerprint density at radius 2 is 1.43 bits per heavy atom. The molecule has 2 heterocycles. The van der Waals surface area contributed by atoms with Crippen LogP contribution in [-0.2, 0) is 6.54 Å². The predicted molar refractivity (Wildman–Crippen MR) is 147 cm³/mol. The number of hydrogen-bond donors (Lipinski definition) is 0. The van der Waals surface area contributed by atoms with Gasteiger partial charge in [-0.15, -0.1) is 0 Å². The van der Waals surface area contributed by atoms with Crippen molar-refractivity contribution in [2.24, 2.45) is 5.92 Å². The van der Waals surface area contributed by atoms with E-state index in [0.717, 1.165) is 44.8 Å². The zero-order valence-electron chi connectivity index (χ0n) is 21.2. The van der Waals surface area contributed by atoms with Crippen LogP contribution < -0.4 is 0 Å². The lowest BCUT2D eigenvalue weighted by atomic mass is 9.86. The zero-order chi connectivity index (χ0) is 25.2. The minimum absolute atomic E-state index is 0.192. The molecule has 2 nitrogen and oxygen atoms in total. The number of rotatable bonds is 6. The number of likely N-dealkylation sites (tertiary alicyclic amines) is 2. The van der Waals surface area contributed by atoms with Gasteiger partial charge in [0.15, 0.2) is 11.6 Å². The van der Waals surface area contributed by atoms with Crippen LogP contribution in [0, 0.1) is 17.6 Å². The van der Waals surface area contributed by atoms with Gasteiger partial charge < -0.3 is 4.90 Å². The van der Waals surface area contributed by atoms with Crippen molar-refractivity contribution in [1.82, 2.24) is 9.80 Å². The van der Waals surface area contributed by atoms with E-state index in [-0.39, 0.29) is 5.92 Å². The Morgan fingerprint density at radius 1 is 0.676 bits per heavy atom. The van der Waals surface area contributed by atoms with E-state index in [2.05, 4.69) is 82.6 Å². The number of fused-ring (bicyclic) bond motifs is 1. The summed E-state index contributed by atoms with van der Waals surface area (Å²) in [5.74, 6) is -0.308. The van der Waals surface area contributed by atoms with Gasteiger partial charge in [0, 0.05) is 32.1 Å². The molecule has 4 aromatic carbocycles. The second-order valence-electron chi connectivity index (χ2n) is 10.9. The van der Waals surface area contributed by atoms with Crippen LogP contribution in [0.4, 0.5) is 8.78 Å². The van der Waals surface area contributed by atoms with Crippen LogP contribution in [0.3, 0.4) is 0 Å². The predicted octanol–water partition coefficient (Wildman–Crippen LogP) is 7.21. The van der Waals surface area contributed by atoms with Gasteiger partial charge >= 0.3 is 0 Å². The van der Waals surface area contributed by atoms with Gasteiger partial charge in [-0.2, -0.15) is 0 Å². The van der Waals surface area contributed by atoms with Crippen molar-refractivity contribution in [2.75, 3.05) is 32.7 Å². The SMILES string of the molecule is Fc1ccc([C@H]2CN(Cc3cccc4ccccc34)C[C@@H]2CN2CCC(c3ccccc3)CC2)cc1F. The third-order valence-corrected chi connectivity index (χ3v) is 8.51. The summed E-state index contributed by atoms with van der Waals surface area (Å²) in [5.41, 5.74) is 3.69. The van der Waals surface area contributed by atoms with E-state index in [4.69, 9.17) is 0 Å². The van der Waals surface area contributed by atoms with Crippen LogP contribution in [0.5, 0.6) is 0 Å². The van der Waals surface area contributed by atoms with Gasteiger partial charge in [-0.25, -0.2) is 8.78 Å². The van der Waals surface area contributed by atoms with Crippen LogP contribution in [0.2, 0.25) is 0 Å². The molecule has 2 aliphatic heterocycles. The van der Waals surface area contributed by atoms with Gasteiger partial charge in [0.2, 0.25) is 0 Å². The number of halogens is 2. The van der Waals surface area contributed by atoms with E-state index in [1.165, 1.54) is 46.9 Å². The third-order valence-electron chi connectivity index (χ3n) is 8.51. The van der Waals surface area contributed by atoms with Crippen molar-refractivity contribution in [3.8, 4) is 0 Å². The van der Waals surface area contributed by atoms with Crippen LogP contribution >= 0.6 is 0 Å². The van der Waals surface area contributed by atoms with Gasteiger partial charge in [-0.05, 0) is 77.4 Å². The van der Waals surface area contributed by atoms with Crippen LogP contribution in [-0.4, -0.2) is 42.5 Å². The first-order valence-corrected chi connectivity index (χ1v) is 13.6. The Balaban J connectivity index is 1.19. The van der Waals surface area contributed by atoms with Gasteiger partial charge in [0.1, 0.15) is 0 Å². The van der Waals surface area contributed by atoms with Crippen molar-refractivity contribution < 1.29 is 8.78 Å². The number of hydrogen-bond acceptors (Lipinski definition) is 2. The second kappa shape index (κ2) is 10.7. The summed E-state index contributed by atoms with van der Waals surface area (Å²) in [5, 5.41) is 2.55. The standard InChI is InChI=1S/C33H34F2N2/c34-32-14-13-27(19-33(32)35)31-23-37(20-28-11-6-10-26-9-4-5-12-30(26)28)22-29(31)21-36-17-15-25(16-18-36)24-7-2-1-3-8-24/h1-14,19,25,29,31H,15-18,20-23H2/t29-,31+/m0/s1. The molecule has 0 aromatic heterocycles. The Hall–Kier alpha value is -3.08. The maximum atomic E-state index is 14.2. The fraction of sp³-hybridized carbons (Fsp3) is 0.333. The van der Waals surface area contributed by atoms with Gasteiger partial charge in [-0.3, -0.25) is 4.90 Å². The lowest BCUT2D eigenvalue weighted by Gasteiger charge is -2.35. The van der Waals surface area contributed by atoms with Crippen LogP contribution in [0.1, 0.15) is 41.4 Å². The van der Waals surface area contributed by atoms with E-state index in [0.29, 0.717) is 11.8 Å². The maximum Gasteiger partial charge on any atom is 0.159 e. The molecule has 0 spiro atoms. The molecule has 190 valence electrons. The minimum Gasteiger partial charge on any atom is -0.303 e. The first-order chi connectivity index (χ1) is 18.1. The van der Waals surface area contributed by atoms with Crippen molar-refractivity contribution in [3.63, 3.8) is 0 Å². The average molecular weight is 497 g/mol. The molecule has 4 aromatic rings. The largest absolute Gasteiger partial charge is 0.303 e. The molecule has 0 bridgehead atoms. The van der Waals surface area contributed by atoms with Crippen molar-refractivity contribution in [2.45, 2.75) is 31.2 Å². The molecule has 2 saturated heterocycles. The Bertz CT molecular complexity index is 1340. The molecule has 4 heteroatoms. The van der Waals surface area contributed by atoms with E-state index in [1.807, 2.05) is 0 Å². The Kier molecular flexibility index (Phi) is 7.04. The van der Waals surface area contributed by atoms with Gasteiger partial charge in [-0.1, -0.05) is 78.9 Å². The van der Waals surface area contributed by atoms with E-state index in [9.17, 15) is 8.78 Å². The number of piperidine rings is 1. The first-order valence-electron chi connectivity index (χ1n) is 13.6. The summed E-state index contributed by atoms with van der Waals surface area (Å²) in [4.78, 5) is 5.10. The molecular formula is C33H34F2N2. The number of nitrogens with zero attached hydrogens (tertiary/aromatic N) is 2. The fourth-order valence-electron chi connectivity index (χ4n) is 6.57. The monoisotopic (exact) mass is 496 g/mol. The molecule has 0 radical (unpaired) electrons. The average Bonchev–Trinajstić information content (AvgIpc) is 3.33. The molecular weight excluding hydrogens is 462 g/mol. The molecule has 2 atom stereocenters. The minimum atomic E-state index is -0.770. The molecule has 0 saturated carbocycles. The molecule has 0 unspecified atom stereocenters. The van der Waals surface area contributed by atoms with E-state index in [1.54, 1.807) is 6.07 Å². The second-order valence-corrected chi connectivity index (χ2v) is 10.9. The van der Waals surface area contributed by atoms with E-state index >= 15 is 0 Å². The summed E-state index contributed by atoms with van der Waals surface area (Å²) in [6, 6.07) is 30.4. The van der Waals surface area contributed by atoms with Crippen molar-refractivity contribution >= 4 is 10.8 Å². The maximum absolute atomic E-state index is 14.2.